The summed E-state index contributed by atoms with van der Waals surface area (Å²) in [5, 5.41) is 0. The molecule has 0 N–H and O–H groups in total. The summed E-state index contributed by atoms with van der Waals surface area (Å²) in [6, 6.07) is 20.1. The van der Waals surface area contributed by atoms with Gasteiger partial charge in [0.2, 0.25) is 5.88 Å². The van der Waals surface area contributed by atoms with Crippen molar-refractivity contribution < 1.29 is 32.5 Å². The molecule has 10 heteroatoms. The van der Waals surface area contributed by atoms with Gasteiger partial charge >= 0.3 is 5.97 Å². The number of aromatic nitrogens is 3. The highest BCUT2D eigenvalue weighted by atomic mass is 19.1. The Bertz CT molecular complexity index is 1750. The van der Waals surface area contributed by atoms with Gasteiger partial charge in [-0.1, -0.05) is 30.3 Å². The van der Waals surface area contributed by atoms with Crippen molar-refractivity contribution in [2.75, 3.05) is 27.9 Å². The quantitative estimate of drug-likeness (QED) is 0.163. The van der Waals surface area contributed by atoms with E-state index in [0.29, 0.717) is 64.9 Å². The summed E-state index contributed by atoms with van der Waals surface area (Å²) in [5.74, 6) is -0.318. The smallest absolute Gasteiger partial charge is 0.337 e. The molecule has 0 fully saturated rings. The molecule has 3 aromatic carbocycles. The van der Waals surface area contributed by atoms with E-state index in [-0.39, 0.29) is 18.8 Å². The third-order valence-corrected chi connectivity index (χ3v) is 6.99. The van der Waals surface area contributed by atoms with Crippen molar-refractivity contribution >= 4 is 17.0 Å². The Balaban J connectivity index is 1.35. The number of ether oxygens (including phenoxy) is 4. The normalized spacial score (nSPS) is 11.2. The summed E-state index contributed by atoms with van der Waals surface area (Å²) in [4.78, 5) is 21.3. The van der Waals surface area contributed by atoms with Crippen LogP contribution in [0.5, 0.6) is 5.88 Å². The number of rotatable bonds is 12. The molecule has 0 bridgehead atoms. The SMILES string of the molecule is COCCn1c(Cc2ccc(-c3cccc(OCc4ccc(COC)cc4F)n3)cc2F)nc2ccc(C(=O)OC)cc21. The third kappa shape index (κ3) is 6.87. The van der Waals surface area contributed by atoms with Gasteiger partial charge in [-0.15, -0.1) is 0 Å². The predicted octanol–water partition coefficient (Wildman–Crippen LogP) is 6.13. The zero-order valence-corrected chi connectivity index (χ0v) is 24.1. The number of methoxy groups -OCH3 is 3. The molecule has 0 aliphatic rings. The van der Waals surface area contributed by atoms with Gasteiger partial charge in [0.05, 0.1) is 42.6 Å². The van der Waals surface area contributed by atoms with Crippen LogP contribution >= 0.6 is 0 Å². The van der Waals surface area contributed by atoms with Gasteiger partial charge in [0.25, 0.3) is 0 Å². The van der Waals surface area contributed by atoms with Gasteiger partial charge in [-0.25, -0.2) is 23.5 Å². The largest absolute Gasteiger partial charge is 0.473 e. The molecule has 5 aromatic rings. The van der Waals surface area contributed by atoms with Crippen LogP contribution in [0.1, 0.15) is 32.9 Å². The van der Waals surface area contributed by atoms with E-state index in [4.69, 9.17) is 23.9 Å². The first-order valence-corrected chi connectivity index (χ1v) is 13.6. The van der Waals surface area contributed by atoms with Crippen LogP contribution in [0, 0.1) is 11.6 Å². The maximum absolute atomic E-state index is 15.4. The number of carbonyl (C=O) groups is 1. The van der Waals surface area contributed by atoms with Crippen LogP contribution in [0.25, 0.3) is 22.3 Å². The minimum absolute atomic E-state index is 0.00591. The second-order valence-corrected chi connectivity index (χ2v) is 9.86. The molecule has 0 unspecified atom stereocenters. The molecule has 0 aliphatic heterocycles. The fourth-order valence-corrected chi connectivity index (χ4v) is 4.78. The van der Waals surface area contributed by atoms with Crippen molar-refractivity contribution in [2.45, 2.75) is 26.2 Å². The minimum atomic E-state index is -0.448. The van der Waals surface area contributed by atoms with Gasteiger partial charge in [-0.05, 0) is 47.5 Å². The third-order valence-electron chi connectivity index (χ3n) is 6.99. The molecule has 2 aromatic heterocycles. The second-order valence-electron chi connectivity index (χ2n) is 9.86. The molecule has 5 rings (SSSR count). The van der Waals surface area contributed by atoms with Crippen molar-refractivity contribution in [3.63, 3.8) is 0 Å². The number of nitrogens with zero attached hydrogens (tertiary/aromatic N) is 3. The van der Waals surface area contributed by atoms with Crippen molar-refractivity contribution in [2.24, 2.45) is 0 Å². The number of halogens is 2. The van der Waals surface area contributed by atoms with Crippen LogP contribution in [0.3, 0.4) is 0 Å². The van der Waals surface area contributed by atoms with Gasteiger partial charge in [0, 0.05) is 44.4 Å². The van der Waals surface area contributed by atoms with Crippen LogP contribution in [0.4, 0.5) is 8.78 Å². The average molecular weight is 588 g/mol. The Morgan fingerprint density at radius 3 is 2.40 bits per heavy atom. The van der Waals surface area contributed by atoms with Crippen molar-refractivity contribution in [3.05, 3.63) is 113 Å². The zero-order valence-electron chi connectivity index (χ0n) is 24.1. The number of hydrogen-bond acceptors (Lipinski definition) is 7. The summed E-state index contributed by atoms with van der Waals surface area (Å²) in [5.41, 5.74) is 4.47. The fourth-order valence-electron chi connectivity index (χ4n) is 4.78. The highest BCUT2D eigenvalue weighted by molar-refractivity contribution is 5.93. The maximum atomic E-state index is 15.4. The standard InChI is InChI=1S/C33H31F2N3O5/c1-40-14-13-38-30-17-24(33(39)42-3)11-12-29(30)36-31(38)18-22-9-10-23(16-27(22)35)28-5-4-6-32(37-28)43-20-25-8-7-21(19-41-2)15-26(25)34/h4-12,15-17H,13-14,18-20H2,1-3H3. The molecule has 0 amide bonds. The van der Waals surface area contributed by atoms with Crippen LogP contribution < -0.4 is 4.74 Å². The number of pyridine rings is 1. The first-order chi connectivity index (χ1) is 20.9. The molecule has 0 radical (unpaired) electrons. The monoisotopic (exact) mass is 587 g/mol. The Labute approximate surface area is 247 Å². The van der Waals surface area contributed by atoms with Crippen LogP contribution in [0.2, 0.25) is 0 Å². The predicted molar refractivity (Wildman–Crippen MR) is 157 cm³/mol. The number of benzene rings is 3. The Morgan fingerprint density at radius 2 is 1.65 bits per heavy atom. The molecule has 0 saturated heterocycles. The van der Waals surface area contributed by atoms with E-state index >= 15 is 4.39 Å². The Morgan fingerprint density at radius 1 is 0.837 bits per heavy atom. The van der Waals surface area contributed by atoms with E-state index < -0.39 is 11.8 Å². The number of hydrogen-bond donors (Lipinski definition) is 0. The minimum Gasteiger partial charge on any atom is -0.473 e. The van der Waals surface area contributed by atoms with E-state index in [0.717, 1.165) is 11.1 Å². The number of esters is 1. The molecular formula is C33H31F2N3O5. The lowest BCUT2D eigenvalue weighted by molar-refractivity contribution is 0.0601. The van der Waals surface area contributed by atoms with E-state index in [9.17, 15) is 9.18 Å². The molecule has 0 aliphatic carbocycles. The highest BCUT2D eigenvalue weighted by Gasteiger charge is 2.17. The van der Waals surface area contributed by atoms with Gasteiger partial charge < -0.3 is 23.5 Å². The van der Waals surface area contributed by atoms with E-state index in [2.05, 4.69) is 4.98 Å². The molecule has 0 spiro atoms. The lowest BCUT2D eigenvalue weighted by atomic mass is 10.1. The topological polar surface area (TPSA) is 84.7 Å². The average Bonchev–Trinajstić information content (AvgIpc) is 3.36. The molecular weight excluding hydrogens is 556 g/mol. The molecule has 2 heterocycles. The first-order valence-electron chi connectivity index (χ1n) is 13.6. The lowest BCUT2D eigenvalue weighted by Gasteiger charge is -2.11. The van der Waals surface area contributed by atoms with Crippen molar-refractivity contribution in [1.29, 1.82) is 0 Å². The van der Waals surface area contributed by atoms with Gasteiger partial charge in [-0.3, -0.25) is 0 Å². The lowest BCUT2D eigenvalue weighted by Crippen LogP contribution is -2.10. The number of carbonyl (C=O) groups excluding carboxylic acids is 1. The zero-order chi connectivity index (χ0) is 30.3. The molecule has 0 saturated carbocycles. The maximum Gasteiger partial charge on any atom is 0.337 e. The summed E-state index contributed by atoms with van der Waals surface area (Å²) in [7, 11) is 4.48. The van der Waals surface area contributed by atoms with E-state index in [1.54, 1.807) is 74.9 Å². The van der Waals surface area contributed by atoms with E-state index in [1.807, 2.05) is 4.57 Å². The molecule has 222 valence electrons. The molecule has 0 atom stereocenters. The van der Waals surface area contributed by atoms with E-state index in [1.165, 1.54) is 19.2 Å². The van der Waals surface area contributed by atoms with Gasteiger partial charge in [0.1, 0.15) is 24.1 Å². The Hall–Kier alpha value is -4.67. The number of imidazole rings is 1. The first kappa shape index (κ1) is 29.8. The molecule has 43 heavy (non-hydrogen) atoms. The van der Waals surface area contributed by atoms with Crippen LogP contribution in [0.15, 0.2) is 72.8 Å². The van der Waals surface area contributed by atoms with Crippen LogP contribution in [-0.4, -0.2) is 48.4 Å². The summed E-state index contributed by atoms with van der Waals surface area (Å²) >= 11 is 0. The summed E-state index contributed by atoms with van der Waals surface area (Å²) in [6.07, 6.45) is 0.226. The van der Waals surface area contributed by atoms with Crippen LogP contribution in [-0.2, 0) is 40.4 Å². The molecule has 8 nitrogen and oxygen atoms in total. The van der Waals surface area contributed by atoms with Crippen molar-refractivity contribution in [1.82, 2.24) is 14.5 Å². The summed E-state index contributed by atoms with van der Waals surface area (Å²) in [6.45, 7) is 1.21. The number of fused-ring (bicyclic) bond motifs is 1. The highest BCUT2D eigenvalue weighted by Crippen LogP contribution is 2.26. The Kier molecular flexibility index (Phi) is 9.38. The van der Waals surface area contributed by atoms with Gasteiger partial charge in [0.15, 0.2) is 0 Å². The fraction of sp³-hybridized carbons (Fsp3) is 0.242. The van der Waals surface area contributed by atoms with Crippen molar-refractivity contribution in [3.8, 4) is 17.1 Å². The second kappa shape index (κ2) is 13.5. The van der Waals surface area contributed by atoms with Gasteiger partial charge in [-0.2, -0.15) is 0 Å². The summed E-state index contributed by atoms with van der Waals surface area (Å²) < 4.78 is 52.7.